The van der Waals surface area contributed by atoms with Crippen molar-refractivity contribution in [3.63, 3.8) is 0 Å². The van der Waals surface area contributed by atoms with Gasteiger partial charge < -0.3 is 20.5 Å². The number of carbonyl (C=O) groups excluding carboxylic acids is 1. The zero-order chi connectivity index (χ0) is 21.2. The second-order valence-corrected chi connectivity index (χ2v) is 10.1. The minimum absolute atomic E-state index is 0.00474. The number of nitrogens with one attached hydrogen (secondary N) is 2. The lowest BCUT2D eigenvalue weighted by molar-refractivity contribution is 0.0737. The van der Waals surface area contributed by atoms with Gasteiger partial charge in [0.1, 0.15) is 4.90 Å². The van der Waals surface area contributed by atoms with Gasteiger partial charge in [0, 0.05) is 7.11 Å². The summed E-state index contributed by atoms with van der Waals surface area (Å²) in [4.78, 5) is 12.0. The fraction of sp³-hybridized carbons (Fsp3) is 0.550. The molecule has 0 radical (unpaired) electrons. The van der Waals surface area contributed by atoms with Crippen LogP contribution in [0.15, 0.2) is 28.7 Å². The van der Waals surface area contributed by atoms with Gasteiger partial charge in [0.2, 0.25) is 0 Å². The summed E-state index contributed by atoms with van der Waals surface area (Å²) in [7, 11) is -2.47. The first-order chi connectivity index (χ1) is 13.8. The van der Waals surface area contributed by atoms with E-state index in [1.54, 1.807) is 0 Å². The zero-order valence-corrected chi connectivity index (χ0v) is 18.1. The number of anilines is 1. The smallest absolute Gasteiger partial charge is 0.319 e. The third-order valence-corrected chi connectivity index (χ3v) is 8.48. The molecule has 2 unspecified atom stereocenters. The van der Waals surface area contributed by atoms with Crippen molar-refractivity contribution in [3.05, 3.63) is 28.8 Å². The molecule has 1 saturated carbocycles. The minimum Gasteiger partial charge on any atom is -0.504 e. The lowest BCUT2D eigenvalue weighted by Gasteiger charge is -2.30. The van der Waals surface area contributed by atoms with Crippen molar-refractivity contribution in [1.29, 1.82) is 0 Å². The molecule has 160 valence electrons. The molecule has 1 aromatic rings. The number of amides is 2. The SMILES string of the molecule is COC1CCCCC1S(=O)(=O)c1c(Cl)ccc(NC(=O)N[C@@H]2CCC=C2C)c1O. The predicted molar refractivity (Wildman–Crippen MR) is 112 cm³/mol. The molecule has 2 aliphatic carbocycles. The summed E-state index contributed by atoms with van der Waals surface area (Å²) in [5.41, 5.74) is 1.07. The Bertz CT molecular complexity index is 916. The molecule has 3 rings (SSSR count). The van der Waals surface area contributed by atoms with Crippen molar-refractivity contribution >= 4 is 33.2 Å². The number of hydrogen-bond donors (Lipinski definition) is 3. The summed E-state index contributed by atoms with van der Waals surface area (Å²) in [5, 5.41) is 15.2. The van der Waals surface area contributed by atoms with E-state index in [9.17, 15) is 18.3 Å². The van der Waals surface area contributed by atoms with E-state index in [-0.39, 0.29) is 21.6 Å². The Morgan fingerprint density at radius 3 is 2.62 bits per heavy atom. The van der Waals surface area contributed by atoms with E-state index < -0.39 is 33.0 Å². The summed E-state index contributed by atoms with van der Waals surface area (Å²) in [6.07, 6.45) is 6.03. The summed E-state index contributed by atoms with van der Waals surface area (Å²) < 4.78 is 32.0. The maximum atomic E-state index is 13.3. The van der Waals surface area contributed by atoms with E-state index in [1.807, 2.05) is 6.92 Å². The van der Waals surface area contributed by atoms with Crippen molar-refractivity contribution in [2.45, 2.75) is 67.7 Å². The molecule has 1 aromatic carbocycles. The minimum atomic E-state index is -3.96. The van der Waals surface area contributed by atoms with Crippen molar-refractivity contribution in [2.75, 3.05) is 12.4 Å². The van der Waals surface area contributed by atoms with Gasteiger partial charge >= 0.3 is 6.03 Å². The van der Waals surface area contributed by atoms with E-state index in [1.165, 1.54) is 19.2 Å². The molecule has 7 nitrogen and oxygen atoms in total. The van der Waals surface area contributed by atoms with Gasteiger partial charge in [-0.1, -0.05) is 36.1 Å². The average Bonchev–Trinajstić information content (AvgIpc) is 3.08. The standard InChI is InChI=1S/C20H27ClN2O5S/c1-12-6-5-7-14(12)22-20(25)23-15-11-10-13(21)19(18(15)24)29(26,27)17-9-4-3-8-16(17)28-2/h6,10-11,14,16-17,24H,3-5,7-9H2,1-2H3,(H2,22,23,25)/t14-,16?,17?/m1/s1. The Morgan fingerprint density at radius 2 is 1.97 bits per heavy atom. The van der Waals surface area contributed by atoms with Gasteiger partial charge in [-0.15, -0.1) is 0 Å². The van der Waals surface area contributed by atoms with Crippen LogP contribution in [-0.4, -0.2) is 44.1 Å². The summed E-state index contributed by atoms with van der Waals surface area (Å²) >= 11 is 6.17. The first kappa shape index (κ1) is 21.9. The highest BCUT2D eigenvalue weighted by Gasteiger charge is 2.40. The number of benzene rings is 1. The molecule has 1 fully saturated rings. The fourth-order valence-corrected chi connectivity index (χ4v) is 6.73. The molecule has 9 heteroatoms. The maximum Gasteiger partial charge on any atom is 0.319 e. The van der Waals surface area contributed by atoms with Gasteiger partial charge in [0.15, 0.2) is 15.6 Å². The van der Waals surface area contributed by atoms with Crippen LogP contribution in [0.3, 0.4) is 0 Å². The maximum absolute atomic E-state index is 13.3. The number of phenols is 1. The number of sulfone groups is 1. The van der Waals surface area contributed by atoms with Crippen LogP contribution >= 0.6 is 11.6 Å². The molecule has 0 aromatic heterocycles. The molecule has 0 spiro atoms. The number of phenolic OH excluding ortho intramolecular Hbond substituents is 1. The highest BCUT2D eigenvalue weighted by molar-refractivity contribution is 7.92. The van der Waals surface area contributed by atoms with Gasteiger partial charge in [0.25, 0.3) is 0 Å². The number of hydrogen-bond acceptors (Lipinski definition) is 5. The molecule has 0 bridgehead atoms. The molecule has 2 amide bonds. The number of aromatic hydroxyl groups is 1. The molecule has 3 N–H and O–H groups in total. The van der Waals surface area contributed by atoms with Gasteiger partial charge in [-0.05, 0) is 44.7 Å². The van der Waals surface area contributed by atoms with Crippen molar-refractivity contribution < 1.29 is 23.1 Å². The number of allylic oxidation sites excluding steroid dienone is 1. The lowest BCUT2D eigenvalue weighted by atomic mass is 9.97. The quantitative estimate of drug-likeness (QED) is 0.472. The fourth-order valence-electron chi connectivity index (χ4n) is 4.11. The number of carbonyl (C=O) groups is 1. The van der Waals surface area contributed by atoms with Gasteiger partial charge in [-0.3, -0.25) is 0 Å². The summed E-state index contributed by atoms with van der Waals surface area (Å²) in [6, 6.07) is 2.17. The van der Waals surface area contributed by atoms with Crippen LogP contribution in [0.1, 0.15) is 45.4 Å². The molecule has 2 aliphatic rings. The van der Waals surface area contributed by atoms with Crippen LogP contribution < -0.4 is 10.6 Å². The topological polar surface area (TPSA) is 105 Å². The van der Waals surface area contributed by atoms with Gasteiger partial charge in [-0.25, -0.2) is 13.2 Å². The Hall–Kier alpha value is -1.77. The zero-order valence-electron chi connectivity index (χ0n) is 16.6. The third kappa shape index (κ3) is 4.54. The Balaban J connectivity index is 1.86. The van der Waals surface area contributed by atoms with Crippen LogP contribution in [0.2, 0.25) is 5.02 Å². The molecular weight excluding hydrogens is 416 g/mol. The van der Waals surface area contributed by atoms with Crippen LogP contribution in [0.4, 0.5) is 10.5 Å². The van der Waals surface area contributed by atoms with Crippen LogP contribution in [0, 0.1) is 0 Å². The average molecular weight is 443 g/mol. The predicted octanol–water partition coefficient (Wildman–Crippen LogP) is 4.01. The Morgan fingerprint density at radius 1 is 1.24 bits per heavy atom. The van der Waals surface area contributed by atoms with Crippen LogP contribution in [0.25, 0.3) is 0 Å². The van der Waals surface area contributed by atoms with Gasteiger partial charge in [0.05, 0.1) is 28.1 Å². The largest absolute Gasteiger partial charge is 0.504 e. The van der Waals surface area contributed by atoms with Crippen molar-refractivity contribution in [2.24, 2.45) is 0 Å². The molecule has 0 saturated heterocycles. The van der Waals surface area contributed by atoms with Gasteiger partial charge in [-0.2, -0.15) is 0 Å². The summed E-state index contributed by atoms with van der Waals surface area (Å²) in [5.74, 6) is -0.549. The summed E-state index contributed by atoms with van der Waals surface area (Å²) in [6.45, 7) is 1.94. The number of halogens is 1. The monoisotopic (exact) mass is 442 g/mol. The first-order valence-corrected chi connectivity index (χ1v) is 11.7. The van der Waals surface area contributed by atoms with Crippen molar-refractivity contribution in [3.8, 4) is 5.75 Å². The van der Waals surface area contributed by atoms with E-state index in [2.05, 4.69) is 16.7 Å². The number of methoxy groups -OCH3 is 1. The molecule has 0 aliphatic heterocycles. The second kappa shape index (κ2) is 8.93. The second-order valence-electron chi connectivity index (χ2n) is 7.59. The lowest BCUT2D eigenvalue weighted by Crippen LogP contribution is -2.38. The number of ether oxygens (including phenoxy) is 1. The first-order valence-electron chi connectivity index (χ1n) is 9.78. The van der Waals surface area contributed by atoms with Crippen molar-refractivity contribution in [1.82, 2.24) is 5.32 Å². The Labute approximate surface area is 176 Å². The van der Waals surface area contributed by atoms with E-state index in [0.717, 1.165) is 31.3 Å². The Kier molecular flexibility index (Phi) is 6.76. The van der Waals surface area contributed by atoms with E-state index >= 15 is 0 Å². The third-order valence-electron chi connectivity index (χ3n) is 5.74. The molecule has 0 heterocycles. The van der Waals surface area contributed by atoms with Crippen LogP contribution in [0.5, 0.6) is 5.75 Å². The number of urea groups is 1. The van der Waals surface area contributed by atoms with E-state index in [4.69, 9.17) is 16.3 Å². The van der Waals surface area contributed by atoms with Crippen LogP contribution in [-0.2, 0) is 14.6 Å². The highest BCUT2D eigenvalue weighted by Crippen LogP contribution is 2.41. The van der Waals surface area contributed by atoms with E-state index in [0.29, 0.717) is 12.8 Å². The normalized spacial score (nSPS) is 24.8. The molecule has 29 heavy (non-hydrogen) atoms. The number of rotatable bonds is 5. The molecular formula is C20H27ClN2O5S. The molecule has 3 atom stereocenters. The highest BCUT2D eigenvalue weighted by atomic mass is 35.5.